The van der Waals surface area contributed by atoms with Gasteiger partial charge in [0.2, 0.25) is 5.91 Å². The fourth-order valence-electron chi connectivity index (χ4n) is 3.86. The maximum Gasteiger partial charge on any atom is 0.261 e. The predicted octanol–water partition coefficient (Wildman–Crippen LogP) is 6.35. The van der Waals surface area contributed by atoms with E-state index in [1.165, 1.54) is 5.56 Å². The zero-order chi connectivity index (χ0) is 26.8. The smallest absolute Gasteiger partial charge is 0.261 e. The van der Waals surface area contributed by atoms with Crippen molar-refractivity contribution in [1.82, 2.24) is 10.2 Å². The second-order valence-corrected chi connectivity index (χ2v) is 10.2. The monoisotopic (exact) mass is 540 g/mol. The van der Waals surface area contributed by atoms with Gasteiger partial charge < -0.3 is 15.0 Å². The topological polar surface area (TPSA) is 58.6 Å². The first kappa shape index (κ1) is 28.5. The number of hydrogen-bond acceptors (Lipinski definition) is 3. The van der Waals surface area contributed by atoms with Crippen LogP contribution in [-0.4, -0.2) is 35.9 Å². The highest BCUT2D eigenvalue weighted by Gasteiger charge is 2.31. The van der Waals surface area contributed by atoms with Crippen molar-refractivity contribution in [1.29, 1.82) is 0 Å². The molecule has 0 saturated carbocycles. The Hall–Kier alpha value is -3.02. The minimum absolute atomic E-state index is 0.181. The third-order valence-electron chi connectivity index (χ3n) is 5.99. The van der Waals surface area contributed by atoms with Crippen molar-refractivity contribution in [2.24, 2.45) is 5.92 Å². The van der Waals surface area contributed by atoms with Gasteiger partial charge in [0.25, 0.3) is 5.91 Å². The van der Waals surface area contributed by atoms with Crippen molar-refractivity contribution in [2.45, 2.75) is 46.2 Å². The van der Waals surface area contributed by atoms with Crippen LogP contribution in [0, 0.1) is 5.92 Å². The van der Waals surface area contributed by atoms with E-state index in [1.54, 1.807) is 17.0 Å². The van der Waals surface area contributed by atoms with Gasteiger partial charge in [0.05, 0.1) is 10.0 Å². The number of rotatable bonds is 12. The van der Waals surface area contributed by atoms with Crippen LogP contribution in [0.1, 0.15) is 37.5 Å². The first-order valence-electron chi connectivity index (χ1n) is 12.5. The van der Waals surface area contributed by atoms with Gasteiger partial charge >= 0.3 is 0 Å². The molecule has 0 bridgehead atoms. The molecule has 1 unspecified atom stereocenters. The van der Waals surface area contributed by atoms with Gasteiger partial charge in [0.15, 0.2) is 6.61 Å². The van der Waals surface area contributed by atoms with E-state index >= 15 is 0 Å². The fourth-order valence-corrected chi connectivity index (χ4v) is 4.18. The molecule has 37 heavy (non-hydrogen) atoms. The van der Waals surface area contributed by atoms with Gasteiger partial charge in [-0.05, 0) is 53.3 Å². The van der Waals surface area contributed by atoms with Crippen LogP contribution >= 0.6 is 23.2 Å². The fraction of sp³-hybridized carbons (Fsp3) is 0.333. The summed E-state index contributed by atoms with van der Waals surface area (Å²) in [5.41, 5.74) is 2.91. The quantitative estimate of drug-likeness (QED) is 0.291. The predicted molar refractivity (Wildman–Crippen MR) is 150 cm³/mol. The maximum atomic E-state index is 13.6. The van der Waals surface area contributed by atoms with Crippen LogP contribution < -0.4 is 10.1 Å². The summed E-state index contributed by atoms with van der Waals surface area (Å²) >= 11 is 12.4. The summed E-state index contributed by atoms with van der Waals surface area (Å²) in [4.78, 5) is 28.7. The van der Waals surface area contributed by atoms with Crippen LogP contribution in [0.15, 0.2) is 72.8 Å². The Kier molecular flexibility index (Phi) is 10.8. The molecular formula is C30H34Cl2N2O3. The van der Waals surface area contributed by atoms with Gasteiger partial charge in [-0.3, -0.25) is 9.59 Å². The van der Waals surface area contributed by atoms with Gasteiger partial charge in [0, 0.05) is 19.5 Å². The lowest BCUT2D eigenvalue weighted by Crippen LogP contribution is -2.52. The Morgan fingerprint density at radius 2 is 1.57 bits per heavy atom. The second kappa shape index (κ2) is 14.1. The SMILES string of the molecule is CCc1ccc(OCC(=O)N(Cc2ccc(Cl)c(Cl)c2)C(Cc2ccccc2)C(=O)NCC(C)C)cc1. The van der Waals surface area contributed by atoms with Crippen molar-refractivity contribution >= 4 is 35.0 Å². The van der Waals surface area contributed by atoms with Crippen LogP contribution in [0.4, 0.5) is 0 Å². The Bertz CT molecular complexity index is 1170. The Morgan fingerprint density at radius 1 is 0.892 bits per heavy atom. The molecule has 3 rings (SSSR count). The normalized spacial score (nSPS) is 11.7. The molecular weight excluding hydrogens is 507 g/mol. The lowest BCUT2D eigenvalue weighted by atomic mass is 10.0. The zero-order valence-electron chi connectivity index (χ0n) is 21.5. The summed E-state index contributed by atoms with van der Waals surface area (Å²) in [5.74, 6) is 0.364. The molecule has 0 fully saturated rings. The minimum atomic E-state index is -0.742. The number of ether oxygens (including phenoxy) is 1. The molecule has 0 aliphatic carbocycles. The summed E-state index contributed by atoms with van der Waals surface area (Å²) in [6.07, 6.45) is 1.28. The highest BCUT2D eigenvalue weighted by atomic mass is 35.5. The standard InChI is InChI=1S/C30H34Cl2N2O3/c1-4-22-10-13-25(14-11-22)37-20-29(35)34(19-24-12-15-26(31)27(32)16-24)28(30(36)33-18-21(2)3)17-23-8-6-5-7-9-23/h5-16,21,28H,4,17-20H2,1-3H3,(H,33,36). The Labute approximate surface area is 229 Å². The van der Waals surface area contributed by atoms with Crippen LogP contribution in [0.3, 0.4) is 0 Å². The largest absolute Gasteiger partial charge is 0.484 e. The van der Waals surface area contributed by atoms with E-state index in [1.807, 2.05) is 74.5 Å². The van der Waals surface area contributed by atoms with Gasteiger partial charge in [0.1, 0.15) is 11.8 Å². The summed E-state index contributed by atoms with van der Waals surface area (Å²) in [5, 5.41) is 3.83. The number of carbonyl (C=O) groups excluding carboxylic acids is 2. The van der Waals surface area contributed by atoms with Crippen molar-refractivity contribution < 1.29 is 14.3 Å². The van der Waals surface area contributed by atoms with Crippen molar-refractivity contribution in [3.63, 3.8) is 0 Å². The summed E-state index contributed by atoms with van der Waals surface area (Å²) in [7, 11) is 0. The van der Waals surface area contributed by atoms with E-state index in [-0.39, 0.29) is 30.9 Å². The number of nitrogens with one attached hydrogen (secondary N) is 1. The number of halogens is 2. The van der Waals surface area contributed by atoms with Gasteiger partial charge in [-0.15, -0.1) is 0 Å². The number of hydrogen-bond donors (Lipinski definition) is 1. The number of nitrogens with zero attached hydrogens (tertiary/aromatic N) is 1. The molecule has 0 aromatic heterocycles. The van der Waals surface area contributed by atoms with E-state index < -0.39 is 6.04 Å². The maximum absolute atomic E-state index is 13.6. The number of benzene rings is 3. The molecule has 0 heterocycles. The lowest BCUT2D eigenvalue weighted by Gasteiger charge is -2.31. The summed E-state index contributed by atoms with van der Waals surface area (Å²) < 4.78 is 5.84. The highest BCUT2D eigenvalue weighted by Crippen LogP contribution is 2.24. The number of carbonyl (C=O) groups is 2. The molecule has 0 radical (unpaired) electrons. The molecule has 0 spiro atoms. The van der Waals surface area contributed by atoms with Crippen molar-refractivity contribution in [2.75, 3.05) is 13.2 Å². The molecule has 3 aromatic rings. The molecule has 1 atom stereocenters. The first-order valence-corrected chi connectivity index (χ1v) is 13.3. The molecule has 3 aromatic carbocycles. The molecule has 0 saturated heterocycles. The van der Waals surface area contributed by atoms with Crippen LogP contribution in [0.5, 0.6) is 5.75 Å². The molecule has 196 valence electrons. The van der Waals surface area contributed by atoms with Crippen LogP contribution in [-0.2, 0) is 29.0 Å². The van der Waals surface area contributed by atoms with E-state index in [0.717, 1.165) is 17.5 Å². The van der Waals surface area contributed by atoms with Gasteiger partial charge in [-0.1, -0.05) is 92.5 Å². The summed E-state index contributed by atoms with van der Waals surface area (Å²) in [6.45, 7) is 6.64. The van der Waals surface area contributed by atoms with E-state index in [9.17, 15) is 9.59 Å². The molecule has 5 nitrogen and oxygen atoms in total. The van der Waals surface area contributed by atoms with Crippen LogP contribution in [0.2, 0.25) is 10.0 Å². The van der Waals surface area contributed by atoms with Gasteiger partial charge in [-0.25, -0.2) is 0 Å². The minimum Gasteiger partial charge on any atom is -0.484 e. The molecule has 7 heteroatoms. The Balaban J connectivity index is 1.90. The molecule has 1 N–H and O–H groups in total. The second-order valence-electron chi connectivity index (χ2n) is 9.40. The average Bonchev–Trinajstić information content (AvgIpc) is 2.90. The average molecular weight is 542 g/mol. The van der Waals surface area contributed by atoms with Crippen molar-refractivity contribution in [3.8, 4) is 5.75 Å². The van der Waals surface area contributed by atoms with Crippen LogP contribution in [0.25, 0.3) is 0 Å². The van der Waals surface area contributed by atoms with Gasteiger partial charge in [-0.2, -0.15) is 0 Å². The molecule has 0 aliphatic heterocycles. The number of aryl methyl sites for hydroxylation is 1. The zero-order valence-corrected chi connectivity index (χ0v) is 23.1. The molecule has 0 aliphatic rings. The van der Waals surface area contributed by atoms with Crippen molar-refractivity contribution in [3.05, 3.63) is 99.5 Å². The number of amides is 2. The highest BCUT2D eigenvalue weighted by molar-refractivity contribution is 6.42. The third kappa shape index (κ3) is 8.80. The Morgan fingerprint density at radius 3 is 2.19 bits per heavy atom. The third-order valence-corrected chi connectivity index (χ3v) is 6.73. The first-order chi connectivity index (χ1) is 17.8. The van der Waals surface area contributed by atoms with E-state index in [4.69, 9.17) is 27.9 Å². The molecule has 2 amide bonds. The van der Waals surface area contributed by atoms with E-state index in [0.29, 0.717) is 28.8 Å². The lowest BCUT2D eigenvalue weighted by molar-refractivity contribution is -0.142. The summed E-state index contributed by atoms with van der Waals surface area (Å²) in [6, 6.07) is 21.8. The van der Waals surface area contributed by atoms with E-state index in [2.05, 4.69) is 12.2 Å².